The highest BCUT2D eigenvalue weighted by molar-refractivity contribution is 6.35. The van der Waals surface area contributed by atoms with Gasteiger partial charge in [-0.2, -0.15) is 0 Å². The highest BCUT2D eigenvalue weighted by atomic mass is 35.5. The second-order valence-electron chi connectivity index (χ2n) is 4.74. The number of anilines is 2. The second-order valence-corrected chi connectivity index (χ2v) is 5.61. The van der Waals surface area contributed by atoms with Crippen molar-refractivity contribution in [3.8, 4) is 0 Å². The van der Waals surface area contributed by atoms with Crippen LogP contribution in [-0.4, -0.2) is 18.9 Å². The van der Waals surface area contributed by atoms with E-state index in [0.717, 1.165) is 5.69 Å². The van der Waals surface area contributed by atoms with Crippen LogP contribution >= 0.6 is 23.2 Å². The van der Waals surface area contributed by atoms with Crippen molar-refractivity contribution in [1.29, 1.82) is 0 Å². The minimum atomic E-state index is -0.308. The molecule has 0 heterocycles. The van der Waals surface area contributed by atoms with Crippen LogP contribution in [0.2, 0.25) is 10.0 Å². The van der Waals surface area contributed by atoms with Crippen LogP contribution < -0.4 is 10.2 Å². The number of halogens is 2. The predicted molar refractivity (Wildman–Crippen MR) is 89.9 cm³/mol. The summed E-state index contributed by atoms with van der Waals surface area (Å²) in [6, 6.07) is 11.6. The molecule has 0 aliphatic carbocycles. The first-order valence-electron chi connectivity index (χ1n) is 6.48. The molecule has 0 radical (unpaired) electrons. The average Bonchev–Trinajstić information content (AvgIpc) is 2.46. The molecule has 0 aliphatic heterocycles. The van der Waals surface area contributed by atoms with Gasteiger partial charge in [0.25, 0.3) is 5.91 Å². The minimum Gasteiger partial charge on any atom is -0.322 e. The lowest BCUT2D eigenvalue weighted by atomic mass is 10.2. The molecular weight excluding hydrogens is 323 g/mol. The summed E-state index contributed by atoms with van der Waals surface area (Å²) in [5.74, 6) is -0.373. The normalized spacial score (nSPS) is 10.2. The number of rotatable bonds is 3. The molecule has 0 aliphatic rings. The maximum Gasteiger partial charge on any atom is 0.255 e. The molecule has 0 atom stereocenters. The number of carbonyl (C=O) groups is 2. The molecular formula is C16H14Cl2N2O2. The van der Waals surface area contributed by atoms with Gasteiger partial charge in [0.1, 0.15) is 0 Å². The summed E-state index contributed by atoms with van der Waals surface area (Å²) in [7, 11) is 1.68. The van der Waals surface area contributed by atoms with E-state index < -0.39 is 0 Å². The Morgan fingerprint density at radius 3 is 2.05 bits per heavy atom. The topological polar surface area (TPSA) is 49.4 Å². The molecule has 2 aromatic rings. The van der Waals surface area contributed by atoms with Crippen LogP contribution in [0.1, 0.15) is 17.3 Å². The van der Waals surface area contributed by atoms with Crippen molar-refractivity contribution < 1.29 is 9.59 Å². The molecule has 2 aromatic carbocycles. The number of nitrogens with one attached hydrogen (secondary N) is 1. The zero-order valence-electron chi connectivity index (χ0n) is 12.1. The third kappa shape index (κ3) is 4.00. The van der Waals surface area contributed by atoms with E-state index in [1.54, 1.807) is 49.5 Å². The van der Waals surface area contributed by atoms with Gasteiger partial charge in [-0.15, -0.1) is 0 Å². The summed E-state index contributed by atoms with van der Waals surface area (Å²) in [6.07, 6.45) is 0. The summed E-state index contributed by atoms with van der Waals surface area (Å²) >= 11 is 11.8. The fourth-order valence-corrected chi connectivity index (χ4v) is 2.36. The monoisotopic (exact) mass is 336 g/mol. The Bertz CT molecular complexity index is 694. The fraction of sp³-hybridized carbons (Fsp3) is 0.125. The molecule has 0 saturated heterocycles. The van der Waals surface area contributed by atoms with Crippen molar-refractivity contribution >= 4 is 46.4 Å². The van der Waals surface area contributed by atoms with Crippen molar-refractivity contribution in [2.45, 2.75) is 6.92 Å². The van der Waals surface area contributed by atoms with Gasteiger partial charge in [0.05, 0.1) is 0 Å². The molecule has 1 N–H and O–H groups in total. The predicted octanol–water partition coefficient (Wildman–Crippen LogP) is 4.23. The SMILES string of the molecule is CC(=O)N(C)c1ccc(NC(=O)c2cc(Cl)cc(Cl)c2)cc1. The van der Waals surface area contributed by atoms with Crippen molar-refractivity contribution in [1.82, 2.24) is 0 Å². The molecule has 0 spiro atoms. The van der Waals surface area contributed by atoms with E-state index in [1.807, 2.05) is 0 Å². The highest BCUT2D eigenvalue weighted by Crippen LogP contribution is 2.21. The maximum absolute atomic E-state index is 12.2. The number of hydrogen-bond acceptors (Lipinski definition) is 2. The number of carbonyl (C=O) groups excluding carboxylic acids is 2. The third-order valence-corrected chi connectivity index (χ3v) is 3.55. The van der Waals surface area contributed by atoms with Crippen molar-refractivity contribution in [3.05, 3.63) is 58.1 Å². The van der Waals surface area contributed by atoms with Gasteiger partial charge in [-0.25, -0.2) is 0 Å². The molecule has 0 unspecified atom stereocenters. The summed E-state index contributed by atoms with van der Waals surface area (Å²) in [4.78, 5) is 25.0. The molecule has 2 amide bonds. The molecule has 114 valence electrons. The van der Waals surface area contributed by atoms with E-state index in [0.29, 0.717) is 21.3 Å². The van der Waals surface area contributed by atoms with Crippen LogP contribution in [0, 0.1) is 0 Å². The lowest BCUT2D eigenvalue weighted by Gasteiger charge is -2.15. The van der Waals surface area contributed by atoms with Crippen LogP contribution in [0.5, 0.6) is 0 Å². The van der Waals surface area contributed by atoms with Gasteiger partial charge >= 0.3 is 0 Å². The molecule has 0 saturated carbocycles. The van der Waals surface area contributed by atoms with Crippen molar-refractivity contribution in [2.24, 2.45) is 0 Å². The fourth-order valence-electron chi connectivity index (χ4n) is 1.84. The summed E-state index contributed by atoms with van der Waals surface area (Å²) < 4.78 is 0. The molecule has 0 bridgehead atoms. The van der Waals surface area contributed by atoms with Gasteiger partial charge in [-0.05, 0) is 42.5 Å². The number of amides is 2. The Morgan fingerprint density at radius 2 is 1.55 bits per heavy atom. The van der Waals surface area contributed by atoms with Gasteiger partial charge in [0.15, 0.2) is 0 Å². The van der Waals surface area contributed by atoms with Crippen molar-refractivity contribution in [2.75, 3.05) is 17.3 Å². The van der Waals surface area contributed by atoms with Crippen LogP contribution in [0.25, 0.3) is 0 Å². The first-order chi connectivity index (χ1) is 10.4. The third-order valence-electron chi connectivity index (χ3n) is 3.11. The summed E-state index contributed by atoms with van der Waals surface area (Å²) in [5.41, 5.74) is 1.74. The van der Waals surface area contributed by atoms with Crippen LogP contribution in [0.3, 0.4) is 0 Å². The number of benzene rings is 2. The van der Waals surface area contributed by atoms with E-state index in [1.165, 1.54) is 11.8 Å². The first-order valence-corrected chi connectivity index (χ1v) is 7.24. The highest BCUT2D eigenvalue weighted by Gasteiger charge is 2.09. The van der Waals surface area contributed by atoms with E-state index in [2.05, 4.69) is 5.32 Å². The van der Waals surface area contributed by atoms with Gasteiger partial charge in [-0.3, -0.25) is 9.59 Å². The maximum atomic E-state index is 12.2. The largest absolute Gasteiger partial charge is 0.322 e. The van der Waals surface area contributed by atoms with Gasteiger partial charge < -0.3 is 10.2 Å². The molecule has 6 heteroatoms. The van der Waals surface area contributed by atoms with E-state index >= 15 is 0 Å². The van der Waals surface area contributed by atoms with Crippen LogP contribution in [0.15, 0.2) is 42.5 Å². The first kappa shape index (κ1) is 16.3. The smallest absolute Gasteiger partial charge is 0.255 e. The quantitative estimate of drug-likeness (QED) is 0.911. The lowest BCUT2D eigenvalue weighted by molar-refractivity contribution is -0.116. The molecule has 22 heavy (non-hydrogen) atoms. The van der Waals surface area contributed by atoms with Crippen LogP contribution in [-0.2, 0) is 4.79 Å². The Kier molecular flexibility index (Phi) is 5.06. The molecule has 0 aromatic heterocycles. The number of nitrogens with zero attached hydrogens (tertiary/aromatic N) is 1. The van der Waals surface area contributed by atoms with Gasteiger partial charge in [-0.1, -0.05) is 23.2 Å². The standard InChI is InChI=1S/C16H14Cl2N2O2/c1-10(21)20(2)15-5-3-14(4-6-15)19-16(22)11-7-12(17)9-13(18)8-11/h3-9H,1-2H3,(H,19,22). The van der Waals surface area contributed by atoms with E-state index in [-0.39, 0.29) is 11.8 Å². The van der Waals surface area contributed by atoms with E-state index in [4.69, 9.17) is 23.2 Å². The Balaban J connectivity index is 2.13. The Hall–Kier alpha value is -2.04. The lowest BCUT2D eigenvalue weighted by Crippen LogP contribution is -2.22. The Labute approximate surface area is 138 Å². The van der Waals surface area contributed by atoms with Gasteiger partial charge in [0.2, 0.25) is 5.91 Å². The Morgan fingerprint density at radius 1 is 1.00 bits per heavy atom. The van der Waals surface area contributed by atoms with Crippen LogP contribution in [0.4, 0.5) is 11.4 Å². The zero-order chi connectivity index (χ0) is 16.3. The average molecular weight is 337 g/mol. The minimum absolute atomic E-state index is 0.0645. The molecule has 2 rings (SSSR count). The van der Waals surface area contributed by atoms with E-state index in [9.17, 15) is 9.59 Å². The second kappa shape index (κ2) is 6.81. The summed E-state index contributed by atoms with van der Waals surface area (Å²) in [6.45, 7) is 1.48. The number of hydrogen-bond donors (Lipinski definition) is 1. The van der Waals surface area contributed by atoms with Crippen molar-refractivity contribution in [3.63, 3.8) is 0 Å². The van der Waals surface area contributed by atoms with Gasteiger partial charge in [0, 0.05) is 41.0 Å². The summed E-state index contributed by atoms with van der Waals surface area (Å²) in [5, 5.41) is 3.55. The molecule has 4 nitrogen and oxygen atoms in total. The molecule has 0 fully saturated rings. The zero-order valence-corrected chi connectivity index (χ0v) is 13.6.